The minimum Gasteiger partial charge on any atom is -0.370 e. The summed E-state index contributed by atoms with van der Waals surface area (Å²) < 4.78 is 0. The summed E-state index contributed by atoms with van der Waals surface area (Å²) in [6.45, 7) is 20.9. The normalized spacial score (nSPS) is 27.0. The Hall–Kier alpha value is -2.64. The van der Waals surface area contributed by atoms with Gasteiger partial charge in [0.25, 0.3) is 0 Å². The van der Waals surface area contributed by atoms with E-state index in [4.69, 9.17) is 21.1 Å². The molecular formula is C42H72N8O4. The number of primary amides is 2. The van der Waals surface area contributed by atoms with Crippen molar-refractivity contribution in [1.82, 2.24) is 10.1 Å². The maximum atomic E-state index is 14.7. The van der Waals surface area contributed by atoms with Crippen molar-refractivity contribution in [1.29, 1.82) is 10.5 Å². The number of azo groups is 1. The van der Waals surface area contributed by atoms with E-state index in [9.17, 15) is 20.1 Å². The van der Waals surface area contributed by atoms with E-state index < -0.39 is 50.5 Å². The van der Waals surface area contributed by atoms with Crippen molar-refractivity contribution < 1.29 is 19.3 Å². The number of hydrogen-bond acceptors (Lipinski definition) is 10. The molecule has 2 saturated heterocycles. The molecule has 2 aliphatic carbocycles. The molecular weight excluding hydrogens is 681 g/mol. The van der Waals surface area contributed by atoms with E-state index in [1.807, 2.05) is 0 Å². The Morgan fingerprint density at radius 1 is 0.667 bits per heavy atom. The maximum absolute atomic E-state index is 14.7. The summed E-state index contributed by atoms with van der Waals surface area (Å²) in [5, 5.41) is 34.4. The zero-order valence-electron chi connectivity index (χ0n) is 35.3. The van der Waals surface area contributed by atoms with E-state index >= 15 is 0 Å². The fraction of sp³-hybridized carbons (Fsp3) is 0.905. The van der Waals surface area contributed by atoms with Crippen LogP contribution >= 0.6 is 0 Å². The van der Waals surface area contributed by atoms with Crippen LogP contribution in [0.1, 0.15) is 178 Å². The van der Waals surface area contributed by atoms with Gasteiger partial charge in [-0.05, 0) is 139 Å². The topological polar surface area (TPSA) is 183 Å². The zero-order chi connectivity index (χ0) is 40.4. The molecule has 4 rings (SSSR count). The van der Waals surface area contributed by atoms with Crippen LogP contribution in [0, 0.1) is 39.9 Å². The lowest BCUT2D eigenvalue weighted by Gasteiger charge is -2.62. The predicted octanol–water partition coefficient (Wildman–Crippen LogP) is 8.20. The first-order valence-corrected chi connectivity index (χ1v) is 20.7. The largest absolute Gasteiger partial charge is 0.370 e. The number of nitriles is 2. The van der Waals surface area contributed by atoms with Crippen LogP contribution in [0.4, 0.5) is 0 Å². The first kappa shape index (κ1) is 44.1. The molecule has 2 heterocycles. The van der Waals surface area contributed by atoms with Crippen molar-refractivity contribution >= 4 is 11.8 Å². The number of amides is 2. The third kappa shape index (κ3) is 9.83. The first-order chi connectivity index (χ1) is 24.9. The average molecular weight is 753 g/mol. The highest BCUT2D eigenvalue weighted by Gasteiger charge is 2.63. The molecule has 2 saturated carbocycles. The molecule has 4 aliphatic rings. The van der Waals surface area contributed by atoms with Crippen LogP contribution in [0.2, 0.25) is 0 Å². The van der Waals surface area contributed by atoms with E-state index in [-0.39, 0.29) is 43.3 Å². The molecule has 0 radical (unpaired) electrons. The molecule has 2 amide bonds. The molecule has 2 unspecified atom stereocenters. The Balaban J connectivity index is 1.82. The van der Waals surface area contributed by atoms with Gasteiger partial charge in [0.05, 0.1) is 29.8 Å². The molecule has 4 N–H and O–H groups in total. The summed E-state index contributed by atoms with van der Waals surface area (Å²) in [5.74, 6) is -1.44. The number of carbonyl (C=O) groups is 2. The van der Waals surface area contributed by atoms with Crippen molar-refractivity contribution in [2.75, 3.05) is 0 Å². The van der Waals surface area contributed by atoms with Gasteiger partial charge in [-0.2, -0.15) is 30.9 Å². The second-order valence-corrected chi connectivity index (χ2v) is 20.3. The van der Waals surface area contributed by atoms with Crippen LogP contribution < -0.4 is 11.5 Å². The molecule has 54 heavy (non-hydrogen) atoms. The van der Waals surface area contributed by atoms with E-state index in [1.165, 1.54) is 12.8 Å². The lowest BCUT2D eigenvalue weighted by atomic mass is 9.51. The van der Waals surface area contributed by atoms with Gasteiger partial charge in [-0.15, -0.1) is 0 Å². The molecule has 0 aromatic carbocycles. The third-order valence-corrected chi connectivity index (χ3v) is 13.2. The van der Waals surface area contributed by atoms with Crippen LogP contribution in [0.15, 0.2) is 10.2 Å². The lowest BCUT2D eigenvalue weighted by Crippen LogP contribution is -2.68. The summed E-state index contributed by atoms with van der Waals surface area (Å²) in [4.78, 5) is 40.1. The van der Waals surface area contributed by atoms with E-state index in [0.717, 1.165) is 51.4 Å². The summed E-state index contributed by atoms with van der Waals surface area (Å²) in [5.41, 5.74) is 6.30. The molecule has 12 nitrogen and oxygen atoms in total. The van der Waals surface area contributed by atoms with Crippen molar-refractivity contribution in [3.63, 3.8) is 0 Å². The molecule has 4 fully saturated rings. The number of rotatable bonds is 14. The predicted molar refractivity (Wildman–Crippen MR) is 209 cm³/mol. The van der Waals surface area contributed by atoms with Crippen LogP contribution in [-0.2, 0) is 19.3 Å². The van der Waals surface area contributed by atoms with Gasteiger partial charge in [-0.3, -0.25) is 19.3 Å². The molecule has 0 aromatic rings. The van der Waals surface area contributed by atoms with Crippen molar-refractivity contribution in [2.45, 2.75) is 224 Å². The Morgan fingerprint density at radius 2 is 1.02 bits per heavy atom. The van der Waals surface area contributed by atoms with E-state index in [1.54, 1.807) is 13.8 Å². The summed E-state index contributed by atoms with van der Waals surface area (Å²) in [6, 6.07) is 4.55. The summed E-state index contributed by atoms with van der Waals surface area (Å²) in [6.07, 6.45) is 14.1. The fourth-order valence-electron chi connectivity index (χ4n) is 11.0. The molecule has 2 aliphatic heterocycles. The average Bonchev–Trinajstić information content (AvgIpc) is 3.08. The fourth-order valence-corrected chi connectivity index (χ4v) is 11.0. The number of piperidine rings is 2. The maximum Gasteiger partial charge on any atom is 0.224 e. The molecule has 2 atom stereocenters. The van der Waals surface area contributed by atoms with Gasteiger partial charge < -0.3 is 11.5 Å². The Labute approximate surface area is 326 Å². The summed E-state index contributed by atoms with van der Waals surface area (Å²) >= 11 is 0. The van der Waals surface area contributed by atoms with Crippen LogP contribution in [0.3, 0.4) is 0 Å². The molecule has 0 spiro atoms. The quantitative estimate of drug-likeness (QED) is 0.166. The van der Waals surface area contributed by atoms with Gasteiger partial charge in [-0.1, -0.05) is 38.5 Å². The highest BCUT2D eigenvalue weighted by Crippen LogP contribution is 2.60. The molecule has 0 bridgehead atoms. The van der Waals surface area contributed by atoms with Crippen molar-refractivity contribution in [2.24, 2.45) is 38.9 Å². The minimum absolute atomic E-state index is 0.0350. The zero-order valence-corrected chi connectivity index (χ0v) is 35.3. The summed E-state index contributed by atoms with van der Waals surface area (Å²) in [7, 11) is 0. The second kappa shape index (κ2) is 16.5. The number of nitrogens with two attached hydrogens (primary N) is 2. The van der Waals surface area contributed by atoms with Crippen molar-refractivity contribution in [3.05, 3.63) is 0 Å². The molecule has 12 heteroatoms. The van der Waals surface area contributed by atoms with E-state index in [2.05, 4.69) is 87.9 Å². The van der Waals surface area contributed by atoms with Gasteiger partial charge in [0.15, 0.2) is 11.1 Å². The molecule has 0 aromatic heterocycles. The number of carbonyl (C=O) groups excluding carboxylic acids is 2. The standard InChI is InChI=1S/C42H72N8O4/c1-36(2)23-30(24-37(3,4)49(36)53-32-17-13-11-14-18-32)42(35(46)52,27-41(10,29-44)48-47-40(9,28-43)22-21-34(45)51)31-25-38(5,6)50(39(7,8)26-31)54-33-19-15-12-16-20-33/h30-33H,11-27H2,1-10H3,(H2,45,51)(H2,46,52). The molecule has 304 valence electrons. The number of hydroxylamine groups is 4. The van der Waals surface area contributed by atoms with Gasteiger partial charge in [-0.25, -0.2) is 0 Å². The van der Waals surface area contributed by atoms with Crippen molar-refractivity contribution in [3.8, 4) is 12.1 Å². The van der Waals surface area contributed by atoms with Crippen LogP contribution in [-0.4, -0.2) is 67.4 Å². The number of nitrogens with zero attached hydrogens (tertiary/aromatic N) is 6. The minimum atomic E-state index is -1.51. The Kier molecular flexibility index (Phi) is 13.4. The smallest absolute Gasteiger partial charge is 0.224 e. The van der Waals surface area contributed by atoms with Gasteiger partial charge in [0.2, 0.25) is 11.8 Å². The highest BCUT2D eigenvalue weighted by atomic mass is 16.7. The van der Waals surface area contributed by atoms with Gasteiger partial charge >= 0.3 is 0 Å². The first-order valence-electron chi connectivity index (χ1n) is 20.7. The number of hydrogen-bond donors (Lipinski definition) is 2. The Morgan fingerprint density at radius 3 is 1.33 bits per heavy atom. The van der Waals surface area contributed by atoms with Gasteiger partial charge in [0.1, 0.15) is 0 Å². The van der Waals surface area contributed by atoms with Gasteiger partial charge in [0, 0.05) is 35.0 Å². The third-order valence-electron chi connectivity index (χ3n) is 13.2. The van der Waals surface area contributed by atoms with Crippen LogP contribution in [0.5, 0.6) is 0 Å². The SMILES string of the molecule is CC(C#N)(CCC(N)=O)N=NC(C)(C#N)CC(C(N)=O)(C1CC(C)(C)N(OC2CCCCC2)C(C)(C)C1)C1CC(C)(C)N(OC2CCCCC2)C(C)(C)C1. The monoisotopic (exact) mass is 753 g/mol. The van der Waals surface area contributed by atoms with Crippen LogP contribution in [0.25, 0.3) is 0 Å². The Bertz CT molecular complexity index is 1350. The second-order valence-electron chi connectivity index (χ2n) is 20.3. The van der Waals surface area contributed by atoms with E-state index in [0.29, 0.717) is 25.7 Å². The highest BCUT2D eigenvalue weighted by molar-refractivity contribution is 5.82. The lowest BCUT2D eigenvalue weighted by molar-refractivity contribution is -0.328.